The van der Waals surface area contributed by atoms with E-state index in [0.29, 0.717) is 19.3 Å². The molecule has 4 nitrogen and oxygen atoms in total. The second kappa shape index (κ2) is 7.01. The number of nitrogens with zero attached hydrogens (tertiary/aromatic N) is 1. The van der Waals surface area contributed by atoms with Gasteiger partial charge in [-0.05, 0) is 30.5 Å². The summed E-state index contributed by atoms with van der Waals surface area (Å²) in [5, 5.41) is 9.97. The molecule has 0 aliphatic heterocycles. The largest absolute Gasteiger partial charge is 0.469 e. The van der Waals surface area contributed by atoms with Crippen LogP contribution in [0.4, 0.5) is 5.69 Å². The Morgan fingerprint density at radius 2 is 1.94 bits per heavy atom. The Morgan fingerprint density at radius 1 is 1.33 bits per heavy atom. The van der Waals surface area contributed by atoms with Gasteiger partial charge >= 0.3 is 5.97 Å². The fraction of sp³-hybridized carbons (Fsp3) is 0.500. The van der Waals surface area contributed by atoms with E-state index in [9.17, 15) is 9.90 Å². The highest BCUT2D eigenvalue weighted by molar-refractivity contribution is 5.69. The summed E-state index contributed by atoms with van der Waals surface area (Å²) in [5.74, 6) is -0.231. The van der Waals surface area contributed by atoms with Crippen molar-refractivity contribution in [2.45, 2.75) is 25.4 Å². The summed E-state index contributed by atoms with van der Waals surface area (Å²) in [5.41, 5.74) is 1.98. The zero-order valence-electron chi connectivity index (χ0n) is 11.2. The normalized spacial score (nSPS) is 12.0. The van der Waals surface area contributed by atoms with Crippen LogP contribution in [0.1, 0.15) is 30.9 Å². The molecule has 18 heavy (non-hydrogen) atoms. The van der Waals surface area contributed by atoms with Crippen LogP contribution in [-0.2, 0) is 9.53 Å². The minimum absolute atomic E-state index is 0.231. The topological polar surface area (TPSA) is 49.8 Å². The number of methoxy groups -OCH3 is 1. The van der Waals surface area contributed by atoms with Crippen LogP contribution in [-0.4, -0.2) is 32.3 Å². The lowest BCUT2D eigenvalue weighted by Gasteiger charge is -2.15. The van der Waals surface area contributed by atoms with Crippen molar-refractivity contribution in [1.29, 1.82) is 0 Å². The molecule has 0 aliphatic rings. The van der Waals surface area contributed by atoms with Crippen LogP contribution in [0.2, 0.25) is 0 Å². The molecule has 0 amide bonds. The van der Waals surface area contributed by atoms with E-state index in [0.717, 1.165) is 11.3 Å². The third kappa shape index (κ3) is 4.37. The van der Waals surface area contributed by atoms with Gasteiger partial charge < -0.3 is 14.7 Å². The van der Waals surface area contributed by atoms with Crippen LogP contribution in [0.25, 0.3) is 0 Å². The van der Waals surface area contributed by atoms with Crippen molar-refractivity contribution in [2.75, 3.05) is 26.1 Å². The monoisotopic (exact) mass is 251 g/mol. The lowest BCUT2D eigenvalue weighted by Crippen LogP contribution is -2.08. The predicted octanol–water partition coefficient (Wildman–Crippen LogP) is 2.13. The summed E-state index contributed by atoms with van der Waals surface area (Å²) < 4.78 is 4.55. The van der Waals surface area contributed by atoms with Crippen molar-refractivity contribution in [3.05, 3.63) is 29.8 Å². The van der Waals surface area contributed by atoms with Crippen molar-refractivity contribution < 1.29 is 14.6 Å². The van der Waals surface area contributed by atoms with Crippen LogP contribution >= 0.6 is 0 Å². The number of aliphatic hydroxyl groups is 1. The maximum atomic E-state index is 10.9. The molecule has 0 heterocycles. The molecule has 0 aliphatic carbocycles. The number of esters is 1. The molecule has 0 saturated carbocycles. The molecule has 4 heteroatoms. The van der Waals surface area contributed by atoms with E-state index in [1.165, 1.54) is 7.11 Å². The minimum atomic E-state index is -0.522. The van der Waals surface area contributed by atoms with E-state index >= 15 is 0 Å². The zero-order valence-corrected chi connectivity index (χ0v) is 11.2. The zero-order chi connectivity index (χ0) is 13.5. The van der Waals surface area contributed by atoms with Crippen molar-refractivity contribution in [3.8, 4) is 0 Å². The summed E-state index contributed by atoms with van der Waals surface area (Å²) in [6.07, 6.45) is 1.02. The van der Waals surface area contributed by atoms with Crippen LogP contribution < -0.4 is 4.90 Å². The van der Waals surface area contributed by atoms with Gasteiger partial charge in [0.05, 0.1) is 13.2 Å². The number of hydrogen-bond donors (Lipinski definition) is 1. The van der Waals surface area contributed by atoms with Gasteiger partial charge in [-0.3, -0.25) is 4.79 Å². The van der Waals surface area contributed by atoms with Crippen molar-refractivity contribution >= 4 is 11.7 Å². The Morgan fingerprint density at radius 3 is 2.44 bits per heavy atom. The van der Waals surface area contributed by atoms with Gasteiger partial charge in [-0.1, -0.05) is 12.1 Å². The Hall–Kier alpha value is -1.55. The van der Waals surface area contributed by atoms with E-state index in [2.05, 4.69) is 4.74 Å². The molecule has 1 aromatic carbocycles. The van der Waals surface area contributed by atoms with E-state index in [-0.39, 0.29) is 5.97 Å². The van der Waals surface area contributed by atoms with Gasteiger partial charge in [0.2, 0.25) is 0 Å². The molecule has 0 fully saturated rings. The maximum absolute atomic E-state index is 10.9. The SMILES string of the molecule is COC(=O)CCCC(O)c1ccc(N(C)C)cc1. The molecule has 0 aromatic heterocycles. The van der Waals surface area contributed by atoms with Crippen LogP contribution in [0, 0.1) is 0 Å². The molecule has 1 aromatic rings. The second-order valence-electron chi connectivity index (χ2n) is 4.47. The van der Waals surface area contributed by atoms with Gasteiger partial charge in [0.15, 0.2) is 0 Å². The molecule has 0 radical (unpaired) electrons. The Balaban J connectivity index is 2.46. The summed E-state index contributed by atoms with van der Waals surface area (Å²) in [4.78, 5) is 12.9. The van der Waals surface area contributed by atoms with E-state index in [1.807, 2.05) is 43.3 Å². The van der Waals surface area contributed by atoms with Gasteiger partial charge in [0.1, 0.15) is 0 Å². The molecule has 1 N–H and O–H groups in total. The molecule has 0 saturated heterocycles. The summed E-state index contributed by atoms with van der Waals surface area (Å²) in [7, 11) is 5.32. The first-order valence-electron chi connectivity index (χ1n) is 6.06. The molecule has 1 atom stereocenters. The quantitative estimate of drug-likeness (QED) is 0.787. The number of carbonyl (C=O) groups is 1. The highest BCUT2D eigenvalue weighted by Crippen LogP contribution is 2.21. The van der Waals surface area contributed by atoms with Crippen LogP contribution in [0.3, 0.4) is 0 Å². The number of hydrogen-bond acceptors (Lipinski definition) is 4. The molecule has 100 valence electrons. The highest BCUT2D eigenvalue weighted by Gasteiger charge is 2.09. The van der Waals surface area contributed by atoms with Crippen LogP contribution in [0.15, 0.2) is 24.3 Å². The Bertz CT molecular complexity index is 373. The van der Waals surface area contributed by atoms with E-state index in [4.69, 9.17) is 0 Å². The molecule has 0 spiro atoms. The van der Waals surface area contributed by atoms with Crippen molar-refractivity contribution in [3.63, 3.8) is 0 Å². The smallest absolute Gasteiger partial charge is 0.305 e. The average molecular weight is 251 g/mol. The van der Waals surface area contributed by atoms with Gasteiger partial charge in [-0.2, -0.15) is 0 Å². The van der Waals surface area contributed by atoms with E-state index in [1.54, 1.807) is 0 Å². The van der Waals surface area contributed by atoms with Crippen molar-refractivity contribution in [1.82, 2.24) is 0 Å². The van der Waals surface area contributed by atoms with Crippen LogP contribution in [0.5, 0.6) is 0 Å². The van der Waals surface area contributed by atoms with Gasteiger partial charge in [-0.15, -0.1) is 0 Å². The molecule has 0 bridgehead atoms. The predicted molar refractivity (Wildman–Crippen MR) is 71.6 cm³/mol. The minimum Gasteiger partial charge on any atom is -0.469 e. The summed E-state index contributed by atoms with van der Waals surface area (Å²) in [6.45, 7) is 0. The standard InChI is InChI=1S/C14H21NO3/c1-15(2)12-9-7-11(8-10-12)13(16)5-4-6-14(17)18-3/h7-10,13,16H,4-6H2,1-3H3. The first kappa shape index (κ1) is 14.5. The molecule has 1 unspecified atom stereocenters. The Kier molecular flexibility index (Phi) is 5.65. The summed E-state index contributed by atoms with van der Waals surface area (Å²) >= 11 is 0. The maximum Gasteiger partial charge on any atom is 0.305 e. The molecule has 1 rings (SSSR count). The molecular formula is C14H21NO3. The van der Waals surface area contributed by atoms with Crippen molar-refractivity contribution in [2.24, 2.45) is 0 Å². The van der Waals surface area contributed by atoms with Gasteiger partial charge in [0.25, 0.3) is 0 Å². The van der Waals surface area contributed by atoms with Gasteiger partial charge in [-0.25, -0.2) is 0 Å². The third-order valence-electron chi connectivity index (χ3n) is 2.88. The number of anilines is 1. The number of carbonyl (C=O) groups excluding carboxylic acids is 1. The summed E-state index contributed by atoms with van der Waals surface area (Å²) in [6, 6.07) is 7.77. The highest BCUT2D eigenvalue weighted by atomic mass is 16.5. The average Bonchev–Trinajstić information content (AvgIpc) is 2.38. The van der Waals surface area contributed by atoms with Gasteiger partial charge in [0, 0.05) is 26.2 Å². The van der Waals surface area contributed by atoms with E-state index < -0.39 is 6.10 Å². The fourth-order valence-corrected chi connectivity index (χ4v) is 1.70. The first-order chi connectivity index (χ1) is 8.54. The Labute approximate surface area is 108 Å². The third-order valence-corrected chi connectivity index (χ3v) is 2.88. The first-order valence-corrected chi connectivity index (χ1v) is 6.06. The number of benzene rings is 1. The number of rotatable bonds is 6. The fourth-order valence-electron chi connectivity index (χ4n) is 1.70. The lowest BCUT2D eigenvalue weighted by atomic mass is 10.0. The second-order valence-corrected chi connectivity index (χ2v) is 4.47. The number of aliphatic hydroxyl groups excluding tert-OH is 1. The molecular weight excluding hydrogens is 230 g/mol. The number of ether oxygens (including phenoxy) is 1. The lowest BCUT2D eigenvalue weighted by molar-refractivity contribution is -0.140.